The van der Waals surface area contributed by atoms with Crippen molar-refractivity contribution in [1.29, 1.82) is 0 Å². The van der Waals surface area contributed by atoms with Crippen molar-refractivity contribution >= 4 is 34.9 Å². The maximum Gasteiger partial charge on any atom is 0.113 e. The maximum atomic E-state index is 9.45. The van der Waals surface area contributed by atoms with E-state index in [0.29, 0.717) is 21.3 Å². The first-order valence-electron chi connectivity index (χ1n) is 3.90. The van der Waals surface area contributed by atoms with Gasteiger partial charge in [0.25, 0.3) is 0 Å². The Kier molecular flexibility index (Phi) is 3.44. The second-order valence-electron chi connectivity index (χ2n) is 2.81. The van der Waals surface area contributed by atoms with E-state index in [1.54, 1.807) is 18.2 Å². The van der Waals surface area contributed by atoms with E-state index in [0.717, 1.165) is 4.73 Å². The number of hydrogen-bond donors (Lipinski definition) is 2. The summed E-state index contributed by atoms with van der Waals surface area (Å²) in [5.41, 5.74) is 0.493. The molecule has 0 unspecified atom stereocenters. The lowest BCUT2D eigenvalue weighted by Crippen LogP contribution is -2.07. The van der Waals surface area contributed by atoms with Gasteiger partial charge < -0.3 is 10.4 Å². The molecule has 0 saturated carbocycles. The van der Waals surface area contributed by atoms with E-state index in [9.17, 15) is 5.21 Å². The first-order valence-corrected chi connectivity index (χ1v) is 4.28. The maximum absolute atomic E-state index is 9.45. The van der Waals surface area contributed by atoms with Crippen LogP contribution in [-0.2, 0) is 0 Å². The molecule has 0 fully saturated rings. The molecule has 0 aliphatic heterocycles. The van der Waals surface area contributed by atoms with Gasteiger partial charge in [-0.15, -0.1) is 12.4 Å². The molecule has 15 heavy (non-hydrogen) atoms. The molecule has 0 spiro atoms. The molecular formula is C9H8Cl2N2O2. The highest BCUT2D eigenvalue weighted by atomic mass is 35.5. The van der Waals surface area contributed by atoms with Crippen LogP contribution in [-0.4, -0.2) is 15.1 Å². The third-order valence-corrected chi connectivity index (χ3v) is 2.20. The first kappa shape index (κ1) is 11.7. The van der Waals surface area contributed by atoms with Crippen LogP contribution in [0.15, 0.2) is 35.6 Å². The predicted molar refractivity (Wildman–Crippen MR) is 58.7 cm³/mol. The molecule has 0 bridgehead atoms. The highest BCUT2D eigenvalue weighted by Crippen LogP contribution is 2.15. The fraction of sp³-hybridized carbons (Fsp3) is 0. The second-order valence-corrected chi connectivity index (χ2v) is 3.24. The molecule has 0 amide bonds. The summed E-state index contributed by atoms with van der Waals surface area (Å²) in [4.78, 5) is 0. The van der Waals surface area contributed by atoms with Crippen LogP contribution < -0.4 is 5.36 Å². The Balaban J connectivity index is 0.00000112. The van der Waals surface area contributed by atoms with Crippen LogP contribution in [0.5, 0.6) is 0 Å². The number of halogens is 2. The lowest BCUT2D eigenvalue weighted by molar-refractivity contribution is 0.197. The topological polar surface area (TPSA) is 57.8 Å². The minimum absolute atomic E-state index is 0. The lowest BCUT2D eigenvalue weighted by Gasteiger charge is -2.03. The van der Waals surface area contributed by atoms with Crippen LogP contribution in [0.4, 0.5) is 0 Å². The van der Waals surface area contributed by atoms with Gasteiger partial charge in [-0.1, -0.05) is 16.8 Å². The average molecular weight is 247 g/mol. The van der Waals surface area contributed by atoms with E-state index in [4.69, 9.17) is 16.8 Å². The molecule has 0 saturated heterocycles. The van der Waals surface area contributed by atoms with E-state index >= 15 is 0 Å². The minimum atomic E-state index is 0. The summed E-state index contributed by atoms with van der Waals surface area (Å²) in [5, 5.41) is 22.8. The Morgan fingerprint density at radius 1 is 1.27 bits per heavy atom. The van der Waals surface area contributed by atoms with Gasteiger partial charge in [0.05, 0.1) is 5.52 Å². The van der Waals surface area contributed by atoms with Crippen molar-refractivity contribution in [3.8, 4) is 0 Å². The number of nitrogens with zero attached hydrogens (tertiary/aromatic N) is 2. The highest BCUT2D eigenvalue weighted by Gasteiger charge is 2.01. The highest BCUT2D eigenvalue weighted by molar-refractivity contribution is 6.31. The molecule has 0 atom stereocenters. The summed E-state index contributed by atoms with van der Waals surface area (Å²) < 4.78 is 0.926. The van der Waals surface area contributed by atoms with Crippen molar-refractivity contribution in [2.24, 2.45) is 5.16 Å². The average Bonchev–Trinajstić information content (AvgIpc) is 2.19. The van der Waals surface area contributed by atoms with Gasteiger partial charge in [-0.3, -0.25) is 0 Å². The van der Waals surface area contributed by atoms with Crippen LogP contribution in [0.1, 0.15) is 0 Å². The SMILES string of the molecule is Cl.O/N=c1/ccn(O)c2cc(Cl)ccc12. The molecule has 0 aliphatic rings. The van der Waals surface area contributed by atoms with Gasteiger partial charge in [-0.05, 0) is 24.3 Å². The zero-order valence-electron chi connectivity index (χ0n) is 7.46. The number of pyridine rings is 1. The monoisotopic (exact) mass is 246 g/mol. The van der Waals surface area contributed by atoms with Crippen LogP contribution in [0, 0.1) is 0 Å². The molecule has 6 heteroatoms. The molecule has 2 aromatic rings. The van der Waals surface area contributed by atoms with Gasteiger partial charge in [0, 0.05) is 16.6 Å². The fourth-order valence-electron chi connectivity index (χ4n) is 1.31. The molecule has 1 heterocycles. The van der Waals surface area contributed by atoms with E-state index < -0.39 is 0 Å². The molecule has 1 aromatic heterocycles. The van der Waals surface area contributed by atoms with Crippen molar-refractivity contribution in [3.05, 3.63) is 40.8 Å². The van der Waals surface area contributed by atoms with Crippen molar-refractivity contribution in [1.82, 2.24) is 4.73 Å². The molecule has 80 valence electrons. The minimum Gasteiger partial charge on any atom is -0.428 e. The van der Waals surface area contributed by atoms with Gasteiger partial charge in [0.1, 0.15) is 5.36 Å². The summed E-state index contributed by atoms with van der Waals surface area (Å²) in [5.74, 6) is 0. The Morgan fingerprint density at radius 3 is 2.67 bits per heavy atom. The van der Waals surface area contributed by atoms with Crippen LogP contribution in [0.3, 0.4) is 0 Å². The van der Waals surface area contributed by atoms with Crippen LogP contribution in [0.2, 0.25) is 5.02 Å². The van der Waals surface area contributed by atoms with Gasteiger partial charge in [0.15, 0.2) is 0 Å². The van der Waals surface area contributed by atoms with Crippen LogP contribution >= 0.6 is 24.0 Å². The zero-order chi connectivity index (χ0) is 10.1. The summed E-state index contributed by atoms with van der Waals surface area (Å²) in [7, 11) is 0. The fourth-order valence-corrected chi connectivity index (χ4v) is 1.48. The number of fused-ring (bicyclic) bond motifs is 1. The van der Waals surface area contributed by atoms with Gasteiger partial charge in [-0.2, -0.15) is 4.73 Å². The molecule has 2 rings (SSSR count). The Bertz CT molecular complexity index is 551. The first-order chi connectivity index (χ1) is 6.72. The Labute approximate surface area is 96.4 Å². The number of benzene rings is 1. The molecule has 0 radical (unpaired) electrons. The van der Waals surface area contributed by atoms with E-state index in [1.807, 2.05) is 0 Å². The smallest absolute Gasteiger partial charge is 0.113 e. The van der Waals surface area contributed by atoms with Crippen molar-refractivity contribution < 1.29 is 10.4 Å². The molecule has 0 aliphatic carbocycles. The third kappa shape index (κ3) is 2.00. The standard InChI is InChI=1S/C9H7ClN2O2.ClH/c10-6-1-2-7-8(11-13)3-4-12(14)9(7)5-6;/h1-5,13-14H;1H/b11-8-;. The molecule has 4 nitrogen and oxygen atoms in total. The zero-order valence-corrected chi connectivity index (χ0v) is 9.03. The molecule has 2 N–H and O–H groups in total. The quantitative estimate of drug-likeness (QED) is 0.426. The lowest BCUT2D eigenvalue weighted by atomic mass is 10.2. The summed E-state index contributed by atoms with van der Waals surface area (Å²) >= 11 is 5.77. The van der Waals surface area contributed by atoms with Crippen LogP contribution in [0.25, 0.3) is 10.9 Å². The largest absolute Gasteiger partial charge is 0.428 e. The third-order valence-electron chi connectivity index (χ3n) is 1.96. The van der Waals surface area contributed by atoms with Crippen molar-refractivity contribution in [2.75, 3.05) is 0 Å². The summed E-state index contributed by atoms with van der Waals surface area (Å²) in [6.45, 7) is 0. The van der Waals surface area contributed by atoms with Crippen molar-refractivity contribution in [3.63, 3.8) is 0 Å². The normalized spacial score (nSPS) is 11.4. The van der Waals surface area contributed by atoms with Crippen molar-refractivity contribution in [2.45, 2.75) is 0 Å². The number of rotatable bonds is 0. The Morgan fingerprint density at radius 2 is 2.00 bits per heavy atom. The van der Waals surface area contributed by atoms with Gasteiger partial charge >= 0.3 is 0 Å². The molecular weight excluding hydrogens is 239 g/mol. The number of aromatic nitrogens is 1. The van der Waals surface area contributed by atoms with Gasteiger partial charge in [0.2, 0.25) is 0 Å². The number of hydrogen-bond acceptors (Lipinski definition) is 3. The second kappa shape index (κ2) is 4.42. The summed E-state index contributed by atoms with van der Waals surface area (Å²) in [6.07, 6.45) is 1.38. The van der Waals surface area contributed by atoms with E-state index in [-0.39, 0.29) is 12.4 Å². The predicted octanol–water partition coefficient (Wildman–Crippen LogP) is 2.24. The van der Waals surface area contributed by atoms with Gasteiger partial charge in [-0.25, -0.2) is 0 Å². The summed E-state index contributed by atoms with van der Waals surface area (Å²) in [6, 6.07) is 6.43. The van der Waals surface area contributed by atoms with E-state index in [2.05, 4.69) is 5.16 Å². The Hall–Kier alpha value is -1.39. The molecule has 1 aromatic carbocycles. The van der Waals surface area contributed by atoms with E-state index in [1.165, 1.54) is 12.3 Å².